The summed E-state index contributed by atoms with van der Waals surface area (Å²) in [7, 11) is 0. The Bertz CT molecular complexity index is 1020. The van der Waals surface area contributed by atoms with Gasteiger partial charge in [0, 0.05) is 37.2 Å². The van der Waals surface area contributed by atoms with Crippen LogP contribution in [-0.2, 0) is 9.59 Å². The van der Waals surface area contributed by atoms with Gasteiger partial charge in [-0.15, -0.1) is 0 Å². The molecule has 1 aromatic heterocycles. The van der Waals surface area contributed by atoms with E-state index in [1.165, 1.54) is 4.90 Å². The van der Waals surface area contributed by atoms with Crippen molar-refractivity contribution in [2.45, 2.75) is 19.3 Å². The number of amides is 3. The lowest BCUT2D eigenvalue weighted by molar-refractivity contribution is -0.147. The van der Waals surface area contributed by atoms with Gasteiger partial charge >= 0.3 is 0 Å². The van der Waals surface area contributed by atoms with E-state index in [9.17, 15) is 14.4 Å². The molecule has 0 bridgehead atoms. The summed E-state index contributed by atoms with van der Waals surface area (Å²) < 4.78 is 1.96. The maximum atomic E-state index is 12.3. The maximum absolute atomic E-state index is 12.3. The summed E-state index contributed by atoms with van der Waals surface area (Å²) in [4.78, 5) is 41.5. The molecule has 7 heteroatoms. The Kier molecular flexibility index (Phi) is 4.89. The summed E-state index contributed by atoms with van der Waals surface area (Å²) in [5.41, 5.74) is 3.33. The minimum absolute atomic E-state index is 0.164. The number of imide groups is 1. The van der Waals surface area contributed by atoms with Crippen LogP contribution < -0.4 is 5.32 Å². The molecule has 3 amide bonds. The number of benzene rings is 2. The number of fused-ring (bicyclic) bond motifs is 1. The van der Waals surface area contributed by atoms with Gasteiger partial charge in [-0.05, 0) is 42.8 Å². The fourth-order valence-electron chi connectivity index (χ4n) is 3.37. The number of aromatic nitrogens is 2. The van der Waals surface area contributed by atoms with E-state index in [1.54, 1.807) is 18.5 Å². The highest BCUT2D eigenvalue weighted by atomic mass is 16.2. The molecule has 3 aromatic rings. The SMILES string of the molecule is O=C(NCCN1C(=O)CCCC1=O)c1ccc(-n2cnc3ccccc32)cc1. The van der Waals surface area contributed by atoms with E-state index >= 15 is 0 Å². The maximum Gasteiger partial charge on any atom is 0.251 e. The molecule has 2 heterocycles. The number of para-hydroxylation sites is 2. The molecule has 2 aromatic carbocycles. The Hall–Kier alpha value is -3.48. The Morgan fingerprint density at radius 1 is 1.00 bits per heavy atom. The van der Waals surface area contributed by atoms with Gasteiger partial charge in [-0.3, -0.25) is 23.9 Å². The number of hydrogen-bond acceptors (Lipinski definition) is 4. The van der Waals surface area contributed by atoms with Crippen molar-refractivity contribution >= 4 is 28.8 Å². The summed E-state index contributed by atoms with van der Waals surface area (Å²) in [6, 6.07) is 15.1. The summed E-state index contributed by atoms with van der Waals surface area (Å²) in [5, 5.41) is 2.77. The summed E-state index contributed by atoms with van der Waals surface area (Å²) >= 11 is 0. The van der Waals surface area contributed by atoms with Gasteiger partial charge in [-0.2, -0.15) is 0 Å². The molecule has 4 rings (SSSR count). The third kappa shape index (κ3) is 3.51. The number of likely N-dealkylation sites (tertiary alicyclic amines) is 1. The van der Waals surface area contributed by atoms with E-state index in [1.807, 2.05) is 41.0 Å². The van der Waals surface area contributed by atoms with Gasteiger partial charge in [0.1, 0.15) is 6.33 Å². The molecule has 142 valence electrons. The van der Waals surface area contributed by atoms with Crippen LogP contribution in [0.1, 0.15) is 29.6 Å². The Labute approximate surface area is 162 Å². The number of nitrogens with one attached hydrogen (secondary N) is 1. The van der Waals surface area contributed by atoms with Gasteiger partial charge in [-0.25, -0.2) is 4.98 Å². The van der Waals surface area contributed by atoms with Crippen molar-refractivity contribution in [2.75, 3.05) is 13.1 Å². The highest BCUT2D eigenvalue weighted by Crippen LogP contribution is 2.18. The van der Waals surface area contributed by atoms with Crippen LogP contribution in [0.4, 0.5) is 0 Å². The summed E-state index contributed by atoms with van der Waals surface area (Å²) in [5.74, 6) is -0.566. The van der Waals surface area contributed by atoms with Gasteiger partial charge in [0.05, 0.1) is 11.0 Å². The van der Waals surface area contributed by atoms with Crippen molar-refractivity contribution in [3.8, 4) is 5.69 Å². The van der Waals surface area contributed by atoms with Crippen molar-refractivity contribution in [2.24, 2.45) is 0 Å². The summed E-state index contributed by atoms with van der Waals surface area (Å²) in [6.07, 6.45) is 3.15. The standard InChI is InChI=1S/C21H20N4O3/c26-19-6-3-7-20(27)24(19)13-12-22-21(28)15-8-10-16(11-9-15)25-14-23-17-4-1-2-5-18(17)25/h1-2,4-5,8-11,14H,3,6-7,12-13H2,(H,22,28). The third-order valence-corrected chi connectivity index (χ3v) is 4.87. The second-order valence-corrected chi connectivity index (χ2v) is 6.70. The first-order valence-electron chi connectivity index (χ1n) is 9.27. The van der Waals surface area contributed by atoms with Crippen LogP contribution in [-0.4, -0.2) is 45.3 Å². The Morgan fingerprint density at radius 2 is 1.71 bits per heavy atom. The smallest absolute Gasteiger partial charge is 0.251 e. The molecule has 1 aliphatic rings. The molecule has 0 unspecified atom stereocenters. The molecular weight excluding hydrogens is 356 g/mol. The molecular formula is C21H20N4O3. The van der Waals surface area contributed by atoms with E-state index in [4.69, 9.17) is 0 Å². The average Bonchev–Trinajstić information content (AvgIpc) is 3.14. The van der Waals surface area contributed by atoms with E-state index in [0.717, 1.165) is 16.7 Å². The monoisotopic (exact) mass is 376 g/mol. The first-order valence-corrected chi connectivity index (χ1v) is 9.27. The van der Waals surface area contributed by atoms with E-state index < -0.39 is 0 Å². The predicted molar refractivity (Wildman–Crippen MR) is 104 cm³/mol. The highest BCUT2D eigenvalue weighted by Gasteiger charge is 2.25. The number of nitrogens with zero attached hydrogens (tertiary/aromatic N) is 3. The Morgan fingerprint density at radius 3 is 2.46 bits per heavy atom. The van der Waals surface area contributed by atoms with Crippen molar-refractivity contribution in [3.05, 3.63) is 60.4 Å². The number of rotatable bonds is 5. The van der Waals surface area contributed by atoms with Gasteiger partial charge in [0.15, 0.2) is 0 Å². The Balaban J connectivity index is 1.39. The predicted octanol–water partition coefficient (Wildman–Crippen LogP) is 2.29. The van der Waals surface area contributed by atoms with Crippen LogP contribution in [0.25, 0.3) is 16.7 Å². The van der Waals surface area contributed by atoms with Gasteiger partial charge in [-0.1, -0.05) is 12.1 Å². The number of piperidine rings is 1. The topological polar surface area (TPSA) is 84.3 Å². The molecule has 1 fully saturated rings. The second-order valence-electron chi connectivity index (χ2n) is 6.70. The molecule has 0 spiro atoms. The van der Waals surface area contributed by atoms with Crippen LogP contribution in [0.3, 0.4) is 0 Å². The molecule has 1 N–H and O–H groups in total. The largest absolute Gasteiger partial charge is 0.350 e. The fourth-order valence-corrected chi connectivity index (χ4v) is 3.37. The van der Waals surface area contributed by atoms with E-state index in [0.29, 0.717) is 24.8 Å². The van der Waals surface area contributed by atoms with Crippen LogP contribution in [0, 0.1) is 0 Å². The molecule has 0 aliphatic carbocycles. The molecule has 1 aliphatic heterocycles. The minimum Gasteiger partial charge on any atom is -0.350 e. The van der Waals surface area contributed by atoms with E-state index in [2.05, 4.69) is 10.3 Å². The van der Waals surface area contributed by atoms with E-state index in [-0.39, 0.29) is 30.8 Å². The lowest BCUT2D eigenvalue weighted by Gasteiger charge is -2.24. The van der Waals surface area contributed by atoms with Crippen molar-refractivity contribution in [3.63, 3.8) is 0 Å². The van der Waals surface area contributed by atoms with Crippen LogP contribution >= 0.6 is 0 Å². The van der Waals surface area contributed by atoms with Gasteiger partial charge in [0.25, 0.3) is 5.91 Å². The van der Waals surface area contributed by atoms with Crippen molar-refractivity contribution < 1.29 is 14.4 Å². The van der Waals surface area contributed by atoms with Crippen molar-refractivity contribution in [1.29, 1.82) is 0 Å². The number of hydrogen-bond donors (Lipinski definition) is 1. The molecule has 7 nitrogen and oxygen atoms in total. The minimum atomic E-state index is -0.237. The van der Waals surface area contributed by atoms with Crippen LogP contribution in [0.2, 0.25) is 0 Å². The lowest BCUT2D eigenvalue weighted by Crippen LogP contribution is -2.44. The zero-order chi connectivity index (χ0) is 19.5. The zero-order valence-corrected chi connectivity index (χ0v) is 15.3. The summed E-state index contributed by atoms with van der Waals surface area (Å²) in [6.45, 7) is 0.451. The van der Waals surface area contributed by atoms with Crippen LogP contribution in [0.15, 0.2) is 54.9 Å². The second kappa shape index (κ2) is 7.64. The quantitative estimate of drug-likeness (QED) is 0.693. The number of carbonyl (C=O) groups excluding carboxylic acids is 3. The number of carbonyl (C=O) groups is 3. The molecule has 0 saturated carbocycles. The normalized spacial score (nSPS) is 14.5. The molecule has 0 radical (unpaired) electrons. The molecule has 1 saturated heterocycles. The van der Waals surface area contributed by atoms with Crippen molar-refractivity contribution in [1.82, 2.24) is 19.8 Å². The third-order valence-electron chi connectivity index (χ3n) is 4.87. The molecule has 0 atom stereocenters. The first-order chi connectivity index (χ1) is 13.6. The van der Waals surface area contributed by atoms with Crippen LogP contribution in [0.5, 0.6) is 0 Å². The first kappa shape index (κ1) is 17.9. The average molecular weight is 376 g/mol. The van der Waals surface area contributed by atoms with Gasteiger partial charge < -0.3 is 5.32 Å². The molecule has 28 heavy (non-hydrogen) atoms. The number of imidazole rings is 1. The van der Waals surface area contributed by atoms with Gasteiger partial charge in [0.2, 0.25) is 11.8 Å². The highest BCUT2D eigenvalue weighted by molar-refractivity contribution is 5.98. The lowest BCUT2D eigenvalue weighted by atomic mass is 10.1. The fraction of sp³-hybridized carbons (Fsp3) is 0.238. The zero-order valence-electron chi connectivity index (χ0n) is 15.3.